The Morgan fingerprint density at radius 2 is 2.24 bits per heavy atom. The maximum Gasteiger partial charge on any atom is 0.141 e. The van der Waals surface area contributed by atoms with E-state index in [1.165, 1.54) is 0 Å². The highest BCUT2D eigenvalue weighted by molar-refractivity contribution is 5.74. The Labute approximate surface area is 102 Å². The van der Waals surface area contributed by atoms with E-state index in [0.717, 1.165) is 17.1 Å². The lowest BCUT2D eigenvalue weighted by molar-refractivity contribution is 1.04. The molecule has 4 heteroatoms. The van der Waals surface area contributed by atoms with Gasteiger partial charge in [0.15, 0.2) is 0 Å². The number of aromatic nitrogens is 1. The highest BCUT2D eigenvalue weighted by Crippen LogP contribution is 2.22. The summed E-state index contributed by atoms with van der Waals surface area (Å²) < 4.78 is 0. The van der Waals surface area contributed by atoms with Gasteiger partial charge in [-0.3, -0.25) is 0 Å². The van der Waals surface area contributed by atoms with Crippen LogP contribution in [0.1, 0.15) is 11.4 Å². The fourth-order valence-corrected chi connectivity index (χ4v) is 1.47. The molecule has 0 bridgehead atoms. The van der Waals surface area contributed by atoms with Gasteiger partial charge >= 0.3 is 0 Å². The van der Waals surface area contributed by atoms with Gasteiger partial charge in [-0.05, 0) is 18.2 Å². The highest BCUT2D eigenvalue weighted by atomic mass is 15.1. The molecule has 1 aromatic heterocycles. The van der Waals surface area contributed by atoms with Gasteiger partial charge < -0.3 is 10.2 Å². The van der Waals surface area contributed by atoms with Crippen molar-refractivity contribution in [2.45, 2.75) is 0 Å². The van der Waals surface area contributed by atoms with Crippen LogP contribution >= 0.6 is 0 Å². The zero-order chi connectivity index (χ0) is 12.8. The van der Waals surface area contributed by atoms with Gasteiger partial charge in [0.1, 0.15) is 17.5 Å². The summed E-state index contributed by atoms with van der Waals surface area (Å²) in [6.45, 7) is 3.67. The van der Waals surface area contributed by atoms with Crippen molar-refractivity contribution >= 4 is 11.4 Å². The molecule has 4 nitrogen and oxygen atoms in total. The van der Waals surface area contributed by atoms with Crippen molar-refractivity contribution in [2.24, 2.45) is 0 Å². The number of nitriles is 1. The molecule has 17 heavy (non-hydrogen) atoms. The summed E-state index contributed by atoms with van der Waals surface area (Å²) in [4.78, 5) is 6.28. The number of nitrogens with one attached hydrogen (secondary N) is 1. The zero-order valence-corrected chi connectivity index (χ0v) is 10.4. The number of anilines is 1. The predicted octanol–water partition coefficient (Wildman–Crippen LogP) is 1.77. The average Bonchev–Trinajstić information content (AvgIpc) is 2.35. The number of rotatable bonds is 4. The van der Waals surface area contributed by atoms with Gasteiger partial charge in [0.05, 0.1) is 11.4 Å². The van der Waals surface area contributed by atoms with Gasteiger partial charge in [0.2, 0.25) is 0 Å². The fourth-order valence-electron chi connectivity index (χ4n) is 1.47. The summed E-state index contributed by atoms with van der Waals surface area (Å²) in [5.74, 6) is 0. The second-order valence-corrected chi connectivity index (χ2v) is 3.64. The maximum absolute atomic E-state index is 8.89. The molecule has 0 fully saturated rings. The zero-order valence-electron chi connectivity index (χ0n) is 10.4. The first-order valence-electron chi connectivity index (χ1n) is 5.23. The van der Waals surface area contributed by atoms with Crippen LogP contribution in [0, 0.1) is 11.3 Å². The SMILES string of the molecule is C=C/C=C(/NC)c1nc(C#N)ccc1N(C)C. The Morgan fingerprint density at radius 1 is 1.53 bits per heavy atom. The van der Waals surface area contributed by atoms with Crippen LogP contribution in [0.15, 0.2) is 30.9 Å². The second-order valence-electron chi connectivity index (χ2n) is 3.64. The monoisotopic (exact) mass is 228 g/mol. The van der Waals surface area contributed by atoms with E-state index in [1.54, 1.807) is 12.1 Å². The lowest BCUT2D eigenvalue weighted by atomic mass is 10.2. The summed E-state index contributed by atoms with van der Waals surface area (Å²) in [5.41, 5.74) is 2.93. The fraction of sp³-hybridized carbons (Fsp3) is 0.231. The Kier molecular flexibility index (Phi) is 4.29. The minimum absolute atomic E-state index is 0.399. The number of hydrogen-bond donors (Lipinski definition) is 1. The number of pyridine rings is 1. The van der Waals surface area contributed by atoms with E-state index < -0.39 is 0 Å². The normalized spacial score (nSPS) is 10.6. The maximum atomic E-state index is 8.89. The molecule has 0 aliphatic heterocycles. The second kappa shape index (κ2) is 5.71. The van der Waals surface area contributed by atoms with Crippen LogP contribution in [0.25, 0.3) is 5.70 Å². The van der Waals surface area contributed by atoms with E-state index in [1.807, 2.05) is 44.3 Å². The van der Waals surface area contributed by atoms with Crippen molar-refractivity contribution < 1.29 is 0 Å². The molecule has 0 radical (unpaired) electrons. The number of hydrogen-bond acceptors (Lipinski definition) is 4. The average molecular weight is 228 g/mol. The van der Waals surface area contributed by atoms with Gasteiger partial charge in [-0.15, -0.1) is 0 Å². The van der Waals surface area contributed by atoms with Crippen LogP contribution < -0.4 is 10.2 Å². The van der Waals surface area contributed by atoms with Gasteiger partial charge in [0.25, 0.3) is 0 Å². The summed E-state index contributed by atoms with van der Waals surface area (Å²) in [5, 5.41) is 11.9. The Morgan fingerprint density at radius 3 is 2.71 bits per heavy atom. The van der Waals surface area contributed by atoms with Crippen molar-refractivity contribution in [2.75, 3.05) is 26.0 Å². The molecule has 1 rings (SSSR count). The Hall–Kier alpha value is -2.28. The molecule has 0 saturated carbocycles. The van der Waals surface area contributed by atoms with Crippen molar-refractivity contribution in [3.8, 4) is 6.07 Å². The first-order chi connectivity index (χ1) is 8.13. The van der Waals surface area contributed by atoms with E-state index in [4.69, 9.17) is 5.26 Å². The van der Waals surface area contributed by atoms with Crippen LogP contribution in [0.5, 0.6) is 0 Å². The molecular formula is C13H16N4. The summed E-state index contributed by atoms with van der Waals surface area (Å²) >= 11 is 0. The molecule has 88 valence electrons. The minimum atomic E-state index is 0.399. The Balaban J connectivity index is 3.41. The van der Waals surface area contributed by atoms with Crippen LogP contribution in [0.3, 0.4) is 0 Å². The standard InChI is InChI=1S/C13H16N4/c1-5-6-11(15-2)13-12(17(3)4)8-7-10(9-14)16-13/h5-8,15H,1H2,2-4H3/b11-6+. The third-order valence-electron chi connectivity index (χ3n) is 2.28. The molecule has 0 spiro atoms. The molecule has 0 aliphatic carbocycles. The van der Waals surface area contributed by atoms with Gasteiger partial charge in [-0.1, -0.05) is 12.7 Å². The number of nitrogens with zero attached hydrogens (tertiary/aromatic N) is 3. The topological polar surface area (TPSA) is 52.0 Å². The third kappa shape index (κ3) is 2.85. The molecule has 0 atom stereocenters. The van der Waals surface area contributed by atoms with E-state index in [9.17, 15) is 0 Å². The summed E-state index contributed by atoms with van der Waals surface area (Å²) in [7, 11) is 5.69. The van der Waals surface area contributed by atoms with Gasteiger partial charge in [-0.2, -0.15) is 5.26 Å². The molecule has 0 aliphatic rings. The summed E-state index contributed by atoms with van der Waals surface area (Å²) in [6, 6.07) is 5.64. The lowest BCUT2D eigenvalue weighted by Crippen LogP contribution is -2.16. The Bertz CT molecular complexity index is 481. The van der Waals surface area contributed by atoms with Crippen molar-refractivity contribution in [3.05, 3.63) is 42.3 Å². The van der Waals surface area contributed by atoms with Crippen LogP contribution in [0.4, 0.5) is 5.69 Å². The van der Waals surface area contributed by atoms with Crippen molar-refractivity contribution in [1.82, 2.24) is 10.3 Å². The third-order valence-corrected chi connectivity index (χ3v) is 2.28. The van der Waals surface area contributed by atoms with Crippen LogP contribution in [-0.4, -0.2) is 26.1 Å². The van der Waals surface area contributed by atoms with E-state index in [-0.39, 0.29) is 0 Å². The smallest absolute Gasteiger partial charge is 0.141 e. The molecule has 1 N–H and O–H groups in total. The quantitative estimate of drug-likeness (QED) is 0.798. The van der Waals surface area contributed by atoms with Crippen molar-refractivity contribution in [1.29, 1.82) is 5.26 Å². The molecule has 0 saturated heterocycles. The minimum Gasteiger partial charge on any atom is -0.386 e. The van der Waals surface area contributed by atoms with Gasteiger partial charge in [-0.25, -0.2) is 4.98 Å². The molecule has 1 heterocycles. The van der Waals surface area contributed by atoms with Gasteiger partial charge in [0, 0.05) is 21.1 Å². The largest absolute Gasteiger partial charge is 0.386 e. The highest BCUT2D eigenvalue weighted by Gasteiger charge is 2.11. The predicted molar refractivity (Wildman–Crippen MR) is 70.5 cm³/mol. The lowest BCUT2D eigenvalue weighted by Gasteiger charge is -2.18. The van der Waals surface area contributed by atoms with Crippen molar-refractivity contribution in [3.63, 3.8) is 0 Å². The summed E-state index contributed by atoms with van der Waals surface area (Å²) in [6.07, 6.45) is 3.52. The first kappa shape index (κ1) is 12.8. The first-order valence-corrected chi connectivity index (χ1v) is 5.23. The van der Waals surface area contributed by atoms with E-state index >= 15 is 0 Å². The van der Waals surface area contributed by atoms with Crippen LogP contribution in [-0.2, 0) is 0 Å². The molecule has 0 aromatic carbocycles. The molecule has 0 amide bonds. The molecule has 1 aromatic rings. The number of allylic oxidation sites excluding steroid dienone is 2. The molecular weight excluding hydrogens is 212 g/mol. The van der Waals surface area contributed by atoms with Crippen LogP contribution in [0.2, 0.25) is 0 Å². The van der Waals surface area contributed by atoms with E-state index in [2.05, 4.69) is 16.9 Å². The molecule has 0 unspecified atom stereocenters. The van der Waals surface area contributed by atoms with E-state index in [0.29, 0.717) is 5.69 Å².